The normalized spacial score (nSPS) is 19.8. The lowest BCUT2D eigenvalue weighted by Crippen LogP contribution is -2.36. The quantitative estimate of drug-likeness (QED) is 0.885. The van der Waals surface area contributed by atoms with Gasteiger partial charge in [-0.05, 0) is 30.5 Å². The van der Waals surface area contributed by atoms with Gasteiger partial charge in [0, 0.05) is 18.8 Å². The van der Waals surface area contributed by atoms with Gasteiger partial charge in [-0.2, -0.15) is 0 Å². The van der Waals surface area contributed by atoms with Crippen LogP contribution in [0.5, 0.6) is 0 Å². The topological polar surface area (TPSA) is 61.8 Å². The van der Waals surface area contributed by atoms with Gasteiger partial charge < -0.3 is 20.1 Å². The third-order valence-corrected chi connectivity index (χ3v) is 3.73. The van der Waals surface area contributed by atoms with Crippen molar-refractivity contribution in [1.82, 2.24) is 5.32 Å². The smallest absolute Gasteiger partial charge is 0.407 e. The van der Waals surface area contributed by atoms with E-state index in [0.717, 1.165) is 30.8 Å². The number of carbonyl (C=O) groups is 1. The molecular weight excluding hydrogens is 256 g/mol. The van der Waals surface area contributed by atoms with E-state index in [0.29, 0.717) is 6.42 Å². The number of methoxy groups -OCH3 is 1. The summed E-state index contributed by atoms with van der Waals surface area (Å²) < 4.78 is 4.61. The largest absolute Gasteiger partial charge is 0.453 e. The molecular formula is C15H22N2O3. The average Bonchev–Trinajstić information content (AvgIpc) is 2.95. The van der Waals surface area contributed by atoms with Crippen LogP contribution in [0, 0.1) is 0 Å². The highest BCUT2D eigenvalue weighted by Gasteiger charge is 2.24. The van der Waals surface area contributed by atoms with Gasteiger partial charge in [-0.3, -0.25) is 0 Å². The van der Waals surface area contributed by atoms with Gasteiger partial charge in [0.15, 0.2) is 0 Å². The first-order chi connectivity index (χ1) is 9.63. The van der Waals surface area contributed by atoms with E-state index in [2.05, 4.69) is 15.0 Å². The lowest BCUT2D eigenvalue weighted by molar-refractivity contribution is 0.167. The van der Waals surface area contributed by atoms with Crippen molar-refractivity contribution in [2.45, 2.75) is 31.9 Å². The first-order valence-corrected chi connectivity index (χ1v) is 7.01. The molecule has 5 heteroatoms. The summed E-state index contributed by atoms with van der Waals surface area (Å²) >= 11 is 0. The number of aliphatic hydroxyl groups is 1. The van der Waals surface area contributed by atoms with Crippen molar-refractivity contribution in [3.05, 3.63) is 29.8 Å². The number of hydrogen-bond acceptors (Lipinski definition) is 4. The molecule has 0 aliphatic carbocycles. The molecule has 0 spiro atoms. The number of hydrogen-bond donors (Lipinski definition) is 2. The van der Waals surface area contributed by atoms with Gasteiger partial charge in [-0.25, -0.2) is 4.79 Å². The van der Waals surface area contributed by atoms with Gasteiger partial charge in [0.25, 0.3) is 0 Å². The lowest BCUT2D eigenvalue weighted by Gasteiger charge is -2.19. The number of ether oxygens (including phenoxy) is 1. The molecule has 0 bridgehead atoms. The van der Waals surface area contributed by atoms with Crippen LogP contribution >= 0.6 is 0 Å². The van der Waals surface area contributed by atoms with Crippen LogP contribution in [-0.4, -0.2) is 37.4 Å². The van der Waals surface area contributed by atoms with E-state index in [-0.39, 0.29) is 12.1 Å². The first-order valence-electron chi connectivity index (χ1n) is 7.01. The van der Waals surface area contributed by atoms with E-state index < -0.39 is 6.10 Å². The Morgan fingerprint density at radius 2 is 2.20 bits per heavy atom. The minimum Gasteiger partial charge on any atom is -0.453 e. The van der Waals surface area contributed by atoms with Crippen molar-refractivity contribution in [2.75, 3.05) is 25.1 Å². The van der Waals surface area contributed by atoms with Crippen molar-refractivity contribution in [3.63, 3.8) is 0 Å². The summed E-state index contributed by atoms with van der Waals surface area (Å²) in [7, 11) is 1.37. The minimum absolute atomic E-state index is 0.128. The van der Waals surface area contributed by atoms with Crippen LogP contribution in [0.15, 0.2) is 24.3 Å². The zero-order chi connectivity index (χ0) is 14.5. The second kappa shape index (κ2) is 6.61. The maximum Gasteiger partial charge on any atom is 0.407 e. The van der Waals surface area contributed by atoms with Gasteiger partial charge in [-0.1, -0.05) is 19.1 Å². The van der Waals surface area contributed by atoms with Gasteiger partial charge >= 0.3 is 6.09 Å². The Morgan fingerprint density at radius 3 is 2.80 bits per heavy atom. The lowest BCUT2D eigenvalue weighted by atomic mass is 10.1. The summed E-state index contributed by atoms with van der Waals surface area (Å²) in [5.74, 6) is 0. The Hall–Kier alpha value is -1.75. The highest BCUT2D eigenvalue weighted by molar-refractivity contribution is 5.67. The molecule has 5 nitrogen and oxygen atoms in total. The number of aliphatic hydroxyl groups excluding tert-OH is 1. The van der Waals surface area contributed by atoms with Gasteiger partial charge in [-0.15, -0.1) is 0 Å². The Kier molecular flexibility index (Phi) is 4.84. The molecule has 1 aliphatic rings. The number of anilines is 1. The van der Waals surface area contributed by atoms with Crippen molar-refractivity contribution in [2.24, 2.45) is 0 Å². The number of nitrogens with one attached hydrogen (secondary N) is 1. The Balaban J connectivity index is 1.94. The SMILES string of the molecule is CC[C@H](O)c1ccc(N2CCC(NC(=O)OC)C2)cc1. The Bertz CT molecular complexity index is 447. The number of alkyl carbamates (subject to hydrolysis) is 1. The van der Waals surface area contributed by atoms with E-state index >= 15 is 0 Å². The number of benzene rings is 1. The molecule has 1 aromatic carbocycles. The summed E-state index contributed by atoms with van der Waals surface area (Å²) in [6.45, 7) is 3.65. The van der Waals surface area contributed by atoms with Crippen molar-refractivity contribution in [1.29, 1.82) is 0 Å². The Labute approximate surface area is 119 Å². The van der Waals surface area contributed by atoms with E-state index in [4.69, 9.17) is 0 Å². The van der Waals surface area contributed by atoms with Crippen LogP contribution in [0.1, 0.15) is 31.4 Å². The van der Waals surface area contributed by atoms with Gasteiger partial charge in [0.2, 0.25) is 0 Å². The molecule has 1 saturated heterocycles. The van der Waals surface area contributed by atoms with E-state index in [1.54, 1.807) is 0 Å². The molecule has 1 aromatic rings. The molecule has 1 unspecified atom stereocenters. The standard InChI is InChI=1S/C15H22N2O3/c1-3-14(18)11-4-6-13(7-5-11)17-9-8-12(10-17)16-15(19)20-2/h4-7,12,14,18H,3,8-10H2,1-2H3,(H,16,19)/t12?,14-/m0/s1. The summed E-state index contributed by atoms with van der Waals surface area (Å²) in [4.78, 5) is 13.4. The molecule has 2 rings (SSSR count). The van der Waals surface area contributed by atoms with Crippen LogP contribution < -0.4 is 10.2 Å². The first kappa shape index (κ1) is 14.7. The maximum atomic E-state index is 11.2. The van der Waals surface area contributed by atoms with Crippen LogP contribution in [0.25, 0.3) is 0 Å². The molecule has 1 heterocycles. The molecule has 20 heavy (non-hydrogen) atoms. The molecule has 2 N–H and O–H groups in total. The van der Waals surface area contributed by atoms with Crippen LogP contribution in [0.3, 0.4) is 0 Å². The summed E-state index contributed by atoms with van der Waals surface area (Å²) in [6.07, 6.45) is 0.859. The molecule has 1 aliphatic heterocycles. The summed E-state index contributed by atoms with van der Waals surface area (Å²) in [5, 5.41) is 12.6. The highest BCUT2D eigenvalue weighted by atomic mass is 16.5. The molecule has 0 saturated carbocycles. The molecule has 2 atom stereocenters. The Morgan fingerprint density at radius 1 is 1.50 bits per heavy atom. The van der Waals surface area contributed by atoms with Crippen molar-refractivity contribution in [3.8, 4) is 0 Å². The zero-order valence-corrected chi connectivity index (χ0v) is 12.0. The predicted molar refractivity (Wildman–Crippen MR) is 77.9 cm³/mol. The van der Waals surface area contributed by atoms with Crippen LogP contribution in [0.4, 0.5) is 10.5 Å². The van der Waals surface area contributed by atoms with Crippen LogP contribution in [0.2, 0.25) is 0 Å². The molecule has 1 fully saturated rings. The monoisotopic (exact) mass is 278 g/mol. The molecule has 0 aromatic heterocycles. The number of amides is 1. The zero-order valence-electron chi connectivity index (χ0n) is 12.0. The summed E-state index contributed by atoms with van der Waals surface area (Å²) in [6, 6.07) is 8.10. The van der Waals surface area contributed by atoms with E-state index in [9.17, 15) is 9.90 Å². The molecule has 110 valence electrons. The number of rotatable bonds is 4. The maximum absolute atomic E-state index is 11.2. The van der Waals surface area contributed by atoms with E-state index in [1.165, 1.54) is 7.11 Å². The van der Waals surface area contributed by atoms with Crippen molar-refractivity contribution >= 4 is 11.8 Å². The third-order valence-electron chi connectivity index (χ3n) is 3.73. The molecule has 0 radical (unpaired) electrons. The predicted octanol–water partition coefficient (Wildman–Crippen LogP) is 2.06. The molecule has 1 amide bonds. The minimum atomic E-state index is -0.392. The second-order valence-electron chi connectivity index (χ2n) is 5.08. The second-order valence-corrected chi connectivity index (χ2v) is 5.08. The average molecular weight is 278 g/mol. The number of carbonyl (C=O) groups excluding carboxylic acids is 1. The third kappa shape index (κ3) is 3.42. The van der Waals surface area contributed by atoms with Gasteiger partial charge in [0.05, 0.1) is 19.3 Å². The van der Waals surface area contributed by atoms with Gasteiger partial charge in [0.1, 0.15) is 0 Å². The van der Waals surface area contributed by atoms with Crippen LogP contribution in [-0.2, 0) is 4.74 Å². The number of nitrogens with zero attached hydrogens (tertiary/aromatic N) is 1. The highest BCUT2D eigenvalue weighted by Crippen LogP contribution is 2.24. The van der Waals surface area contributed by atoms with E-state index in [1.807, 2.05) is 31.2 Å². The fourth-order valence-corrected chi connectivity index (χ4v) is 2.48. The fourth-order valence-electron chi connectivity index (χ4n) is 2.48. The fraction of sp³-hybridized carbons (Fsp3) is 0.533. The summed E-state index contributed by atoms with van der Waals surface area (Å²) in [5.41, 5.74) is 2.06. The van der Waals surface area contributed by atoms with Crippen molar-refractivity contribution < 1.29 is 14.6 Å².